The molecule has 5 rings (SSSR count). The molecule has 2 heterocycles. The second kappa shape index (κ2) is 11.1. The number of hydrogen-bond donors (Lipinski definition) is 1. The number of anilines is 2. The minimum atomic E-state index is -0.429. The number of benzene rings is 3. The van der Waals surface area contributed by atoms with Crippen LogP contribution < -0.4 is 24.4 Å². The number of nitrogens with one attached hydrogen (secondary N) is 1. The van der Waals surface area contributed by atoms with Crippen molar-refractivity contribution < 1.29 is 33.0 Å². The minimum Gasteiger partial charge on any atom is -0.497 e. The third-order valence-electron chi connectivity index (χ3n) is 6.13. The van der Waals surface area contributed by atoms with Gasteiger partial charge in [-0.3, -0.25) is 19.3 Å². The van der Waals surface area contributed by atoms with Gasteiger partial charge < -0.3 is 23.9 Å². The molecule has 1 N–H and O–H groups in total. The largest absolute Gasteiger partial charge is 0.497 e. The van der Waals surface area contributed by atoms with Crippen LogP contribution in [-0.2, 0) is 11.3 Å². The molecule has 4 aromatic rings. The molecule has 0 fully saturated rings. The van der Waals surface area contributed by atoms with Gasteiger partial charge in [0.15, 0.2) is 24.8 Å². The molecule has 0 atom stereocenters. The summed E-state index contributed by atoms with van der Waals surface area (Å²) in [5.41, 5.74) is 2.43. The standard InChI is InChI=1S/C30H26N2O7/c1-19-4-3-5-23(14-19)37-17-26(33)20-6-12-27-25(15-20)32(29(34)18-38-27)16-24-11-13-28(39-24)30(35)31-21-7-9-22(36-2)10-8-21/h3-15H,16-18H2,1-2H3,(H,31,35). The van der Waals surface area contributed by atoms with Crippen molar-refractivity contribution in [2.24, 2.45) is 0 Å². The van der Waals surface area contributed by atoms with Gasteiger partial charge in [0, 0.05) is 11.3 Å². The predicted molar refractivity (Wildman–Crippen MR) is 144 cm³/mol. The third kappa shape index (κ3) is 5.93. The number of aryl methyl sites for hydroxylation is 1. The lowest BCUT2D eigenvalue weighted by Crippen LogP contribution is -2.38. The highest BCUT2D eigenvalue weighted by Crippen LogP contribution is 2.34. The Labute approximate surface area is 224 Å². The van der Waals surface area contributed by atoms with Crippen molar-refractivity contribution in [3.05, 3.63) is 102 Å². The molecule has 0 bridgehead atoms. The van der Waals surface area contributed by atoms with Gasteiger partial charge in [-0.25, -0.2) is 0 Å². The zero-order chi connectivity index (χ0) is 27.4. The number of fused-ring (bicyclic) bond motifs is 1. The quantitative estimate of drug-likeness (QED) is 0.305. The molecule has 0 radical (unpaired) electrons. The summed E-state index contributed by atoms with van der Waals surface area (Å²) in [6.07, 6.45) is 0. The first-order chi connectivity index (χ1) is 18.9. The highest BCUT2D eigenvalue weighted by atomic mass is 16.5. The van der Waals surface area contributed by atoms with E-state index in [2.05, 4.69) is 5.32 Å². The Kier molecular flexibility index (Phi) is 7.31. The van der Waals surface area contributed by atoms with Crippen LogP contribution in [0.2, 0.25) is 0 Å². The van der Waals surface area contributed by atoms with Crippen LogP contribution in [0.5, 0.6) is 17.2 Å². The smallest absolute Gasteiger partial charge is 0.291 e. The van der Waals surface area contributed by atoms with E-state index in [0.29, 0.717) is 39.9 Å². The molecular weight excluding hydrogens is 500 g/mol. The number of ketones is 1. The zero-order valence-corrected chi connectivity index (χ0v) is 21.4. The maximum absolute atomic E-state index is 12.9. The fourth-order valence-corrected chi connectivity index (χ4v) is 4.09. The van der Waals surface area contributed by atoms with Crippen LogP contribution in [0, 0.1) is 6.92 Å². The predicted octanol–water partition coefficient (Wildman–Crippen LogP) is 5.04. The topological polar surface area (TPSA) is 107 Å². The van der Waals surface area contributed by atoms with Crippen molar-refractivity contribution >= 4 is 29.0 Å². The van der Waals surface area contributed by atoms with Crippen LogP contribution in [0.1, 0.15) is 32.2 Å². The van der Waals surface area contributed by atoms with Crippen LogP contribution >= 0.6 is 0 Å². The average molecular weight is 527 g/mol. The van der Waals surface area contributed by atoms with Gasteiger partial charge in [-0.2, -0.15) is 0 Å². The van der Waals surface area contributed by atoms with E-state index in [0.717, 1.165) is 5.56 Å². The average Bonchev–Trinajstić information content (AvgIpc) is 3.42. The number of furan rings is 1. The van der Waals surface area contributed by atoms with E-state index in [-0.39, 0.29) is 37.2 Å². The van der Waals surface area contributed by atoms with Crippen molar-refractivity contribution in [3.63, 3.8) is 0 Å². The van der Waals surface area contributed by atoms with Crippen molar-refractivity contribution in [2.45, 2.75) is 13.5 Å². The number of carbonyl (C=O) groups excluding carboxylic acids is 3. The van der Waals surface area contributed by atoms with E-state index in [1.165, 1.54) is 4.90 Å². The van der Waals surface area contributed by atoms with Gasteiger partial charge in [0.2, 0.25) is 0 Å². The summed E-state index contributed by atoms with van der Waals surface area (Å²) in [6, 6.07) is 22.4. The Balaban J connectivity index is 1.28. The van der Waals surface area contributed by atoms with E-state index in [1.54, 1.807) is 67.8 Å². The second-order valence-corrected chi connectivity index (χ2v) is 8.93. The van der Waals surface area contributed by atoms with Gasteiger partial charge in [-0.05, 0) is 79.2 Å². The fourth-order valence-electron chi connectivity index (χ4n) is 4.09. The Morgan fingerprint density at radius 3 is 2.56 bits per heavy atom. The second-order valence-electron chi connectivity index (χ2n) is 8.93. The molecule has 1 aliphatic rings. The summed E-state index contributed by atoms with van der Waals surface area (Å²) in [4.78, 5) is 39.8. The SMILES string of the molecule is COc1ccc(NC(=O)c2ccc(CN3C(=O)COc4ccc(C(=O)COc5cccc(C)c5)cc43)o2)cc1. The number of carbonyl (C=O) groups is 3. The fraction of sp³-hybridized carbons (Fsp3) is 0.167. The van der Waals surface area contributed by atoms with Crippen LogP contribution in [0.4, 0.5) is 11.4 Å². The van der Waals surface area contributed by atoms with Crippen molar-refractivity contribution in [1.29, 1.82) is 0 Å². The normalized spacial score (nSPS) is 12.4. The van der Waals surface area contributed by atoms with Gasteiger partial charge in [-0.15, -0.1) is 0 Å². The molecule has 198 valence electrons. The van der Waals surface area contributed by atoms with Crippen LogP contribution in [0.15, 0.2) is 83.3 Å². The van der Waals surface area contributed by atoms with E-state index in [9.17, 15) is 14.4 Å². The van der Waals surface area contributed by atoms with Gasteiger partial charge in [-0.1, -0.05) is 12.1 Å². The molecule has 2 amide bonds. The highest BCUT2D eigenvalue weighted by Gasteiger charge is 2.28. The number of Topliss-reactive ketones (excluding diaryl/α,β-unsaturated/α-hetero) is 1. The van der Waals surface area contributed by atoms with E-state index in [1.807, 2.05) is 25.1 Å². The summed E-state index contributed by atoms with van der Waals surface area (Å²) in [6.45, 7) is 1.70. The Morgan fingerprint density at radius 2 is 1.79 bits per heavy atom. The molecule has 9 heteroatoms. The molecule has 0 unspecified atom stereocenters. The van der Waals surface area contributed by atoms with Crippen molar-refractivity contribution in [3.8, 4) is 17.2 Å². The first-order valence-electron chi connectivity index (χ1n) is 12.2. The molecule has 1 aromatic heterocycles. The Bertz CT molecular complexity index is 1520. The summed E-state index contributed by atoms with van der Waals surface area (Å²) >= 11 is 0. The zero-order valence-electron chi connectivity index (χ0n) is 21.4. The van der Waals surface area contributed by atoms with E-state index < -0.39 is 5.91 Å². The highest BCUT2D eigenvalue weighted by molar-refractivity contribution is 6.03. The van der Waals surface area contributed by atoms with Gasteiger partial charge in [0.25, 0.3) is 11.8 Å². The summed E-state index contributed by atoms with van der Waals surface area (Å²) < 4.78 is 22.1. The molecule has 39 heavy (non-hydrogen) atoms. The maximum Gasteiger partial charge on any atom is 0.291 e. The Morgan fingerprint density at radius 1 is 0.974 bits per heavy atom. The van der Waals surface area contributed by atoms with Crippen molar-refractivity contribution in [2.75, 3.05) is 30.5 Å². The minimum absolute atomic E-state index is 0.0580. The van der Waals surface area contributed by atoms with Crippen LogP contribution in [0.3, 0.4) is 0 Å². The lowest BCUT2D eigenvalue weighted by atomic mass is 10.1. The first kappa shape index (κ1) is 25.6. The number of amides is 2. The van der Waals surface area contributed by atoms with Gasteiger partial charge >= 0.3 is 0 Å². The maximum atomic E-state index is 12.9. The molecular formula is C30H26N2O7. The number of hydrogen-bond acceptors (Lipinski definition) is 7. The van der Waals surface area contributed by atoms with Gasteiger partial charge in [0.1, 0.15) is 23.0 Å². The monoisotopic (exact) mass is 526 g/mol. The molecule has 3 aromatic carbocycles. The number of methoxy groups -OCH3 is 1. The molecule has 9 nitrogen and oxygen atoms in total. The number of rotatable bonds is 9. The molecule has 1 aliphatic heterocycles. The molecule has 0 saturated carbocycles. The van der Waals surface area contributed by atoms with Crippen LogP contribution in [-0.4, -0.2) is 37.9 Å². The summed E-state index contributed by atoms with van der Waals surface area (Å²) in [5, 5.41) is 2.76. The number of ether oxygens (including phenoxy) is 3. The summed E-state index contributed by atoms with van der Waals surface area (Å²) in [5.74, 6) is 1.26. The van der Waals surface area contributed by atoms with Crippen molar-refractivity contribution in [1.82, 2.24) is 0 Å². The molecule has 0 saturated heterocycles. The van der Waals surface area contributed by atoms with Gasteiger partial charge in [0.05, 0.1) is 19.3 Å². The number of nitrogens with zero attached hydrogens (tertiary/aromatic N) is 1. The molecule has 0 aliphatic carbocycles. The lowest BCUT2D eigenvalue weighted by Gasteiger charge is -2.29. The first-order valence-corrected chi connectivity index (χ1v) is 12.2. The lowest BCUT2D eigenvalue weighted by molar-refractivity contribution is -0.121. The van der Waals surface area contributed by atoms with E-state index in [4.69, 9.17) is 18.6 Å². The summed E-state index contributed by atoms with van der Waals surface area (Å²) in [7, 11) is 1.56. The van der Waals surface area contributed by atoms with E-state index >= 15 is 0 Å². The van der Waals surface area contributed by atoms with Crippen LogP contribution in [0.25, 0.3) is 0 Å². The molecule has 0 spiro atoms. The third-order valence-corrected chi connectivity index (χ3v) is 6.13. The Hall–Kier alpha value is -5.05.